The maximum Gasteiger partial charge on any atom is 0.285 e. The molecule has 27 heavy (non-hydrogen) atoms. The van der Waals surface area contributed by atoms with Gasteiger partial charge in [0.05, 0.1) is 11.5 Å². The third kappa shape index (κ3) is 4.75. The fourth-order valence-electron chi connectivity index (χ4n) is 2.35. The molecule has 1 heterocycles. The van der Waals surface area contributed by atoms with E-state index in [1.807, 2.05) is 37.3 Å². The van der Waals surface area contributed by atoms with Gasteiger partial charge in [0.2, 0.25) is 0 Å². The SMILES string of the molecule is CCCOc1ccc(/C=C2\SC(=S)N(NC(=O)c3ccccc3)C2=O)cc1. The van der Waals surface area contributed by atoms with Gasteiger partial charge in [0.25, 0.3) is 11.8 Å². The predicted molar refractivity (Wildman–Crippen MR) is 111 cm³/mol. The fourth-order valence-corrected chi connectivity index (χ4v) is 3.53. The molecule has 5 nitrogen and oxygen atoms in total. The number of nitrogens with zero attached hydrogens (tertiary/aromatic N) is 1. The summed E-state index contributed by atoms with van der Waals surface area (Å²) in [6.45, 7) is 2.71. The molecule has 0 bridgehead atoms. The topological polar surface area (TPSA) is 58.6 Å². The number of amides is 2. The monoisotopic (exact) mass is 398 g/mol. The van der Waals surface area contributed by atoms with Gasteiger partial charge in [0.1, 0.15) is 5.75 Å². The van der Waals surface area contributed by atoms with Gasteiger partial charge in [-0.05, 0) is 54.5 Å². The van der Waals surface area contributed by atoms with Crippen LogP contribution in [0.2, 0.25) is 0 Å². The summed E-state index contributed by atoms with van der Waals surface area (Å²) >= 11 is 6.40. The van der Waals surface area contributed by atoms with Crippen LogP contribution in [0, 0.1) is 0 Å². The minimum absolute atomic E-state index is 0.290. The van der Waals surface area contributed by atoms with Crippen LogP contribution in [-0.2, 0) is 4.79 Å². The Balaban J connectivity index is 1.70. The summed E-state index contributed by atoms with van der Waals surface area (Å²) in [6.07, 6.45) is 2.69. The highest BCUT2D eigenvalue weighted by atomic mass is 32.2. The quantitative estimate of drug-likeness (QED) is 0.588. The number of hydrogen-bond donors (Lipinski definition) is 1. The first-order valence-electron chi connectivity index (χ1n) is 8.45. The van der Waals surface area contributed by atoms with E-state index in [9.17, 15) is 9.59 Å². The van der Waals surface area contributed by atoms with Crippen molar-refractivity contribution in [2.24, 2.45) is 0 Å². The summed E-state index contributed by atoms with van der Waals surface area (Å²) in [5, 5.41) is 1.11. The van der Waals surface area contributed by atoms with Crippen LogP contribution in [0.5, 0.6) is 5.75 Å². The number of nitrogens with one attached hydrogen (secondary N) is 1. The molecule has 2 aromatic rings. The largest absolute Gasteiger partial charge is 0.494 e. The Kier molecular flexibility index (Phi) is 6.26. The zero-order chi connectivity index (χ0) is 19.2. The van der Waals surface area contributed by atoms with Crippen molar-refractivity contribution in [1.29, 1.82) is 0 Å². The Morgan fingerprint density at radius 2 is 1.89 bits per heavy atom. The number of benzene rings is 2. The normalized spacial score (nSPS) is 15.3. The van der Waals surface area contributed by atoms with Gasteiger partial charge in [-0.3, -0.25) is 15.0 Å². The van der Waals surface area contributed by atoms with Gasteiger partial charge >= 0.3 is 0 Å². The number of carbonyl (C=O) groups is 2. The molecule has 0 aliphatic carbocycles. The number of hydrazine groups is 1. The van der Waals surface area contributed by atoms with Gasteiger partial charge in [0.15, 0.2) is 4.32 Å². The van der Waals surface area contributed by atoms with Gasteiger partial charge in [0, 0.05) is 5.56 Å². The second-order valence-corrected chi connectivity index (χ2v) is 7.42. The summed E-state index contributed by atoms with van der Waals surface area (Å²) in [5.74, 6) is 0.0582. The smallest absolute Gasteiger partial charge is 0.285 e. The minimum atomic E-state index is -0.384. The van der Waals surface area contributed by atoms with E-state index < -0.39 is 0 Å². The highest BCUT2D eigenvalue weighted by Crippen LogP contribution is 2.31. The lowest BCUT2D eigenvalue weighted by Gasteiger charge is -2.15. The molecule has 0 saturated carbocycles. The molecule has 1 N–H and O–H groups in total. The van der Waals surface area contributed by atoms with Crippen molar-refractivity contribution < 1.29 is 14.3 Å². The van der Waals surface area contributed by atoms with Crippen LogP contribution in [0.1, 0.15) is 29.3 Å². The molecule has 2 amide bonds. The summed E-state index contributed by atoms with van der Waals surface area (Å²) in [6, 6.07) is 16.1. The molecule has 3 rings (SSSR count). The van der Waals surface area contributed by atoms with E-state index in [2.05, 4.69) is 5.43 Å². The molecule has 1 fully saturated rings. The minimum Gasteiger partial charge on any atom is -0.494 e. The van der Waals surface area contributed by atoms with Gasteiger partial charge < -0.3 is 4.74 Å². The molecule has 2 aromatic carbocycles. The van der Waals surface area contributed by atoms with Crippen molar-refractivity contribution in [2.75, 3.05) is 6.61 Å². The third-order valence-corrected chi connectivity index (χ3v) is 5.00. The lowest BCUT2D eigenvalue weighted by atomic mass is 10.2. The summed E-state index contributed by atoms with van der Waals surface area (Å²) in [5.41, 5.74) is 3.88. The Morgan fingerprint density at radius 1 is 1.19 bits per heavy atom. The van der Waals surface area contributed by atoms with Crippen molar-refractivity contribution in [1.82, 2.24) is 10.4 Å². The second kappa shape index (κ2) is 8.83. The number of thiocarbonyl (C=S) groups is 1. The van der Waals surface area contributed by atoms with E-state index in [0.717, 1.165) is 34.5 Å². The number of ether oxygens (including phenoxy) is 1. The van der Waals surface area contributed by atoms with E-state index in [1.54, 1.807) is 30.3 Å². The first-order valence-corrected chi connectivity index (χ1v) is 9.68. The average molecular weight is 399 g/mol. The average Bonchev–Trinajstić information content (AvgIpc) is 2.95. The zero-order valence-electron chi connectivity index (χ0n) is 14.7. The van der Waals surface area contributed by atoms with Gasteiger partial charge in [-0.2, -0.15) is 5.01 Å². The lowest BCUT2D eigenvalue weighted by molar-refractivity contribution is -0.123. The summed E-state index contributed by atoms with van der Waals surface area (Å²) < 4.78 is 5.84. The second-order valence-electron chi connectivity index (χ2n) is 5.74. The van der Waals surface area contributed by atoms with Gasteiger partial charge in [-0.1, -0.05) is 49.0 Å². The number of rotatable bonds is 6. The number of carbonyl (C=O) groups excluding carboxylic acids is 2. The molecule has 0 unspecified atom stereocenters. The summed E-state index contributed by atoms with van der Waals surface area (Å²) in [4.78, 5) is 25.3. The van der Waals surface area contributed by atoms with Crippen LogP contribution in [0.25, 0.3) is 6.08 Å². The predicted octanol–water partition coefficient (Wildman–Crippen LogP) is 4.02. The van der Waals surface area contributed by atoms with Crippen LogP contribution in [0.4, 0.5) is 0 Å². The van der Waals surface area contributed by atoms with Crippen molar-refractivity contribution >= 4 is 46.2 Å². The Hall–Kier alpha value is -2.64. The van der Waals surface area contributed by atoms with Gasteiger partial charge in [-0.15, -0.1) is 0 Å². The van der Waals surface area contributed by atoms with Crippen LogP contribution in [0.15, 0.2) is 59.5 Å². The maximum absolute atomic E-state index is 12.6. The van der Waals surface area contributed by atoms with Crippen LogP contribution < -0.4 is 10.2 Å². The Morgan fingerprint density at radius 3 is 2.56 bits per heavy atom. The molecular formula is C20H18N2O3S2. The Labute approximate surface area is 167 Å². The van der Waals surface area contributed by atoms with Crippen molar-refractivity contribution in [2.45, 2.75) is 13.3 Å². The van der Waals surface area contributed by atoms with Crippen molar-refractivity contribution in [3.05, 3.63) is 70.6 Å². The first kappa shape index (κ1) is 19.1. The molecule has 138 valence electrons. The summed E-state index contributed by atoms with van der Waals surface area (Å²) in [7, 11) is 0. The number of thioether (sulfide) groups is 1. The zero-order valence-corrected chi connectivity index (χ0v) is 16.3. The van der Waals surface area contributed by atoms with E-state index in [0.29, 0.717) is 21.4 Å². The highest BCUT2D eigenvalue weighted by molar-refractivity contribution is 8.26. The van der Waals surface area contributed by atoms with E-state index in [-0.39, 0.29) is 11.8 Å². The standard InChI is InChI=1S/C20H18N2O3S2/c1-2-12-25-16-10-8-14(9-11-16)13-17-19(24)22(20(26)27-17)21-18(23)15-6-4-3-5-7-15/h3-11,13H,2,12H2,1H3,(H,21,23)/b17-13-. The number of hydrogen-bond acceptors (Lipinski definition) is 5. The van der Waals surface area contributed by atoms with Gasteiger partial charge in [-0.25, -0.2) is 0 Å². The van der Waals surface area contributed by atoms with Crippen molar-refractivity contribution in [3.8, 4) is 5.75 Å². The molecule has 0 aromatic heterocycles. The fraction of sp³-hybridized carbons (Fsp3) is 0.150. The molecule has 1 aliphatic rings. The molecule has 0 radical (unpaired) electrons. The Bertz CT molecular complexity index is 880. The van der Waals surface area contributed by atoms with Crippen LogP contribution in [0.3, 0.4) is 0 Å². The van der Waals surface area contributed by atoms with Crippen molar-refractivity contribution in [3.63, 3.8) is 0 Å². The van der Waals surface area contributed by atoms with E-state index in [4.69, 9.17) is 17.0 Å². The first-order chi connectivity index (χ1) is 13.1. The molecule has 1 aliphatic heterocycles. The maximum atomic E-state index is 12.6. The molecule has 0 atom stereocenters. The molecule has 0 spiro atoms. The van der Waals surface area contributed by atoms with Crippen LogP contribution in [-0.4, -0.2) is 27.8 Å². The van der Waals surface area contributed by atoms with Crippen LogP contribution >= 0.6 is 24.0 Å². The van der Waals surface area contributed by atoms with E-state index >= 15 is 0 Å². The molecular weight excluding hydrogens is 380 g/mol. The molecule has 7 heteroatoms. The molecule has 1 saturated heterocycles. The lowest BCUT2D eigenvalue weighted by Crippen LogP contribution is -2.44. The van der Waals surface area contributed by atoms with E-state index in [1.165, 1.54) is 0 Å². The highest BCUT2D eigenvalue weighted by Gasteiger charge is 2.33. The third-order valence-electron chi connectivity index (χ3n) is 3.69.